The molecule has 1 rings (SSSR count). The monoisotopic (exact) mass is 297 g/mol. The molecule has 0 aliphatic carbocycles. The predicted octanol–water partition coefficient (Wildman–Crippen LogP) is 2.77. The Labute approximate surface area is 125 Å². The van der Waals surface area contributed by atoms with Crippen LogP contribution in [0.15, 0.2) is 12.1 Å². The fraction of sp³-hybridized carbons (Fsp3) is 0.533. The van der Waals surface area contributed by atoms with Gasteiger partial charge in [0.25, 0.3) is 0 Å². The van der Waals surface area contributed by atoms with Crippen molar-refractivity contribution < 1.29 is 24.1 Å². The second-order valence-electron chi connectivity index (χ2n) is 4.59. The van der Waals surface area contributed by atoms with Gasteiger partial charge in [-0.25, -0.2) is 4.79 Å². The van der Waals surface area contributed by atoms with E-state index in [9.17, 15) is 9.90 Å². The van der Waals surface area contributed by atoms with Gasteiger partial charge in [-0.1, -0.05) is 19.8 Å². The summed E-state index contributed by atoms with van der Waals surface area (Å²) in [6.07, 6.45) is 2.34. The smallest absolute Gasteiger partial charge is 0.326 e. The zero-order valence-electron chi connectivity index (χ0n) is 12.9. The molecule has 0 amide bonds. The highest BCUT2D eigenvalue weighted by Gasteiger charge is 2.19. The van der Waals surface area contributed by atoms with Crippen LogP contribution < -0.4 is 19.5 Å². The largest absolute Gasteiger partial charge is 0.493 e. The molecule has 1 unspecified atom stereocenters. The van der Waals surface area contributed by atoms with Crippen molar-refractivity contribution in [3.8, 4) is 17.2 Å². The van der Waals surface area contributed by atoms with Crippen LogP contribution in [0.5, 0.6) is 17.2 Å². The summed E-state index contributed by atoms with van der Waals surface area (Å²) in [6.45, 7) is 2.03. The van der Waals surface area contributed by atoms with Crippen LogP contribution in [-0.4, -0.2) is 38.4 Å². The molecule has 0 aliphatic heterocycles. The Balaban J connectivity index is 3.03. The summed E-state index contributed by atoms with van der Waals surface area (Å²) in [5, 5.41) is 12.3. The van der Waals surface area contributed by atoms with Crippen LogP contribution in [0.3, 0.4) is 0 Å². The van der Waals surface area contributed by atoms with E-state index in [2.05, 4.69) is 5.32 Å². The first-order valence-electron chi connectivity index (χ1n) is 6.86. The van der Waals surface area contributed by atoms with Crippen LogP contribution in [0.25, 0.3) is 0 Å². The number of hydrogen-bond donors (Lipinski definition) is 2. The highest BCUT2D eigenvalue weighted by Crippen LogP contribution is 2.40. The van der Waals surface area contributed by atoms with Gasteiger partial charge >= 0.3 is 5.97 Å². The van der Waals surface area contributed by atoms with E-state index in [0.29, 0.717) is 29.4 Å². The van der Waals surface area contributed by atoms with Gasteiger partial charge in [0, 0.05) is 17.8 Å². The van der Waals surface area contributed by atoms with E-state index >= 15 is 0 Å². The molecule has 0 bridgehead atoms. The van der Waals surface area contributed by atoms with Crippen LogP contribution in [-0.2, 0) is 4.79 Å². The van der Waals surface area contributed by atoms with Gasteiger partial charge in [0.1, 0.15) is 6.04 Å². The van der Waals surface area contributed by atoms with Crippen LogP contribution in [0.1, 0.15) is 26.2 Å². The molecule has 21 heavy (non-hydrogen) atoms. The number of anilines is 1. The number of carbonyl (C=O) groups is 1. The van der Waals surface area contributed by atoms with Crippen molar-refractivity contribution in [2.24, 2.45) is 0 Å². The summed E-state index contributed by atoms with van der Waals surface area (Å²) in [4.78, 5) is 11.3. The molecule has 1 aromatic rings. The molecule has 0 aliphatic rings. The second kappa shape index (κ2) is 8.24. The minimum absolute atomic E-state index is 0.478. The molecule has 1 aromatic carbocycles. The van der Waals surface area contributed by atoms with E-state index in [4.69, 9.17) is 14.2 Å². The fourth-order valence-corrected chi connectivity index (χ4v) is 2.03. The number of unbranched alkanes of at least 4 members (excludes halogenated alkanes) is 1. The minimum atomic E-state index is -0.878. The Hall–Kier alpha value is -2.11. The molecule has 1 atom stereocenters. The lowest BCUT2D eigenvalue weighted by atomic mass is 10.1. The molecular formula is C15H23NO5. The van der Waals surface area contributed by atoms with Crippen molar-refractivity contribution in [1.82, 2.24) is 0 Å². The van der Waals surface area contributed by atoms with Gasteiger partial charge in [0.2, 0.25) is 5.75 Å². The molecule has 6 nitrogen and oxygen atoms in total. The third-order valence-corrected chi connectivity index (χ3v) is 3.15. The van der Waals surface area contributed by atoms with Gasteiger partial charge in [-0.2, -0.15) is 0 Å². The Bertz CT molecular complexity index is 450. The van der Waals surface area contributed by atoms with Gasteiger partial charge in [-0.15, -0.1) is 0 Å². The third-order valence-electron chi connectivity index (χ3n) is 3.15. The number of methoxy groups -OCH3 is 3. The van der Waals surface area contributed by atoms with Gasteiger partial charge in [-0.05, 0) is 6.42 Å². The topological polar surface area (TPSA) is 77.0 Å². The second-order valence-corrected chi connectivity index (χ2v) is 4.59. The molecule has 118 valence electrons. The number of carboxylic acid groups (broad SMARTS) is 1. The first kappa shape index (κ1) is 16.9. The van der Waals surface area contributed by atoms with E-state index < -0.39 is 12.0 Å². The van der Waals surface area contributed by atoms with Gasteiger partial charge in [0.15, 0.2) is 11.5 Å². The van der Waals surface area contributed by atoms with Crippen LogP contribution >= 0.6 is 0 Å². The van der Waals surface area contributed by atoms with E-state index in [-0.39, 0.29) is 0 Å². The molecule has 0 spiro atoms. The molecule has 0 heterocycles. The standard InChI is InChI=1S/C15H23NO5/c1-5-6-7-11(15(17)18)16-10-8-12(19-2)14(21-4)13(9-10)20-3/h8-9,11,16H,5-7H2,1-4H3,(H,17,18). The fourth-order valence-electron chi connectivity index (χ4n) is 2.03. The van der Waals surface area contributed by atoms with E-state index in [1.165, 1.54) is 21.3 Å². The van der Waals surface area contributed by atoms with E-state index in [0.717, 1.165) is 12.8 Å². The Morgan fingerprint density at radius 1 is 1.19 bits per heavy atom. The highest BCUT2D eigenvalue weighted by molar-refractivity contribution is 5.78. The quantitative estimate of drug-likeness (QED) is 0.730. The summed E-state index contributed by atoms with van der Waals surface area (Å²) >= 11 is 0. The van der Waals surface area contributed by atoms with Crippen molar-refractivity contribution in [2.45, 2.75) is 32.2 Å². The molecule has 0 saturated heterocycles. The summed E-state index contributed by atoms with van der Waals surface area (Å²) in [5.41, 5.74) is 0.619. The molecule has 0 fully saturated rings. The maximum Gasteiger partial charge on any atom is 0.326 e. The summed E-state index contributed by atoms with van der Waals surface area (Å²) in [6, 6.07) is 2.75. The molecule has 0 radical (unpaired) electrons. The van der Waals surface area contributed by atoms with Crippen molar-refractivity contribution in [2.75, 3.05) is 26.6 Å². The lowest BCUT2D eigenvalue weighted by molar-refractivity contribution is -0.138. The molecular weight excluding hydrogens is 274 g/mol. The average Bonchev–Trinajstić information content (AvgIpc) is 2.49. The number of rotatable bonds is 9. The Morgan fingerprint density at radius 2 is 1.76 bits per heavy atom. The average molecular weight is 297 g/mol. The number of hydrogen-bond acceptors (Lipinski definition) is 5. The van der Waals surface area contributed by atoms with Gasteiger partial charge in [-0.3, -0.25) is 0 Å². The zero-order valence-corrected chi connectivity index (χ0v) is 12.9. The third kappa shape index (κ3) is 4.44. The minimum Gasteiger partial charge on any atom is -0.493 e. The summed E-state index contributed by atoms with van der Waals surface area (Å²) < 4.78 is 15.7. The van der Waals surface area contributed by atoms with Gasteiger partial charge < -0.3 is 24.6 Å². The first-order valence-corrected chi connectivity index (χ1v) is 6.86. The zero-order chi connectivity index (χ0) is 15.8. The lowest BCUT2D eigenvalue weighted by Gasteiger charge is -2.18. The number of benzene rings is 1. The number of aliphatic carboxylic acids is 1. The molecule has 0 aromatic heterocycles. The van der Waals surface area contributed by atoms with Crippen LogP contribution in [0.2, 0.25) is 0 Å². The molecule has 6 heteroatoms. The van der Waals surface area contributed by atoms with Crippen LogP contribution in [0, 0.1) is 0 Å². The summed E-state index contributed by atoms with van der Waals surface area (Å²) in [7, 11) is 4.56. The van der Waals surface area contributed by atoms with Gasteiger partial charge in [0.05, 0.1) is 21.3 Å². The Kier molecular flexibility index (Phi) is 6.65. The van der Waals surface area contributed by atoms with E-state index in [1.54, 1.807) is 12.1 Å². The molecule has 0 saturated carbocycles. The number of ether oxygens (including phenoxy) is 3. The number of carboxylic acids is 1. The highest BCUT2D eigenvalue weighted by atomic mass is 16.5. The van der Waals surface area contributed by atoms with Crippen molar-refractivity contribution >= 4 is 11.7 Å². The Morgan fingerprint density at radius 3 is 2.14 bits per heavy atom. The number of nitrogens with one attached hydrogen (secondary N) is 1. The van der Waals surface area contributed by atoms with Crippen molar-refractivity contribution in [3.05, 3.63) is 12.1 Å². The molecule has 2 N–H and O–H groups in total. The lowest BCUT2D eigenvalue weighted by Crippen LogP contribution is -2.29. The predicted molar refractivity (Wildman–Crippen MR) is 80.7 cm³/mol. The van der Waals surface area contributed by atoms with Crippen molar-refractivity contribution in [3.63, 3.8) is 0 Å². The maximum absolute atomic E-state index is 11.3. The van der Waals surface area contributed by atoms with Crippen molar-refractivity contribution in [1.29, 1.82) is 0 Å². The normalized spacial score (nSPS) is 11.6. The first-order chi connectivity index (χ1) is 10.1. The van der Waals surface area contributed by atoms with E-state index in [1.807, 2.05) is 6.92 Å². The SMILES string of the molecule is CCCCC(Nc1cc(OC)c(OC)c(OC)c1)C(=O)O. The van der Waals surface area contributed by atoms with Crippen LogP contribution in [0.4, 0.5) is 5.69 Å². The maximum atomic E-state index is 11.3. The summed E-state index contributed by atoms with van der Waals surface area (Å²) in [5.74, 6) is 0.571.